The Morgan fingerprint density at radius 1 is 1.19 bits per heavy atom. The number of rotatable bonds is 9. The van der Waals surface area contributed by atoms with E-state index in [1.807, 2.05) is 0 Å². The minimum Gasteiger partial charge on any atom is -0.394 e. The lowest BCUT2D eigenvalue weighted by Gasteiger charge is -2.29. The van der Waals surface area contributed by atoms with Gasteiger partial charge in [0.2, 0.25) is 0 Å². The molecule has 0 rings (SSSR count). The quantitative estimate of drug-likeness (QED) is 0.598. The number of ether oxygens (including phenoxy) is 1. The van der Waals surface area contributed by atoms with Crippen LogP contribution in [-0.4, -0.2) is 36.0 Å². The van der Waals surface area contributed by atoms with E-state index in [1.54, 1.807) is 0 Å². The van der Waals surface area contributed by atoms with Gasteiger partial charge in [-0.25, -0.2) is 0 Å². The molecule has 0 fully saturated rings. The molecule has 98 valence electrons. The molecule has 0 aromatic rings. The molecule has 2 N–H and O–H groups in total. The highest BCUT2D eigenvalue weighted by Gasteiger charge is 2.22. The Balaban J connectivity index is 3.79. The zero-order valence-electron chi connectivity index (χ0n) is 11.6. The van der Waals surface area contributed by atoms with E-state index < -0.39 is 0 Å². The Morgan fingerprint density at radius 3 is 2.25 bits per heavy atom. The lowest BCUT2D eigenvalue weighted by atomic mass is 9.97. The normalized spacial score (nSPS) is 16.1. The lowest BCUT2D eigenvalue weighted by Crippen LogP contribution is -2.45. The van der Waals surface area contributed by atoms with E-state index >= 15 is 0 Å². The first-order chi connectivity index (χ1) is 7.39. The van der Waals surface area contributed by atoms with Crippen molar-refractivity contribution in [1.82, 2.24) is 5.32 Å². The third-order valence-electron chi connectivity index (χ3n) is 3.17. The molecule has 0 aliphatic heterocycles. The Bertz CT molecular complexity index is 183. The maximum absolute atomic E-state index is 9.32. The van der Waals surface area contributed by atoms with Gasteiger partial charge in [0, 0.05) is 12.1 Å². The summed E-state index contributed by atoms with van der Waals surface area (Å²) in [6, 6.07) is 0. The highest BCUT2D eigenvalue weighted by Crippen LogP contribution is 2.16. The molecule has 3 heteroatoms. The van der Waals surface area contributed by atoms with Crippen molar-refractivity contribution in [2.24, 2.45) is 0 Å². The minimum atomic E-state index is -0.158. The molecule has 16 heavy (non-hydrogen) atoms. The molecule has 0 aromatic carbocycles. The zero-order valence-corrected chi connectivity index (χ0v) is 11.6. The second kappa shape index (κ2) is 7.25. The maximum Gasteiger partial charge on any atom is 0.0623 e. The number of hydrogen-bond donors (Lipinski definition) is 2. The second-order valence-electron chi connectivity index (χ2n) is 5.31. The summed E-state index contributed by atoms with van der Waals surface area (Å²) in [4.78, 5) is 0. The average molecular weight is 231 g/mol. The summed E-state index contributed by atoms with van der Waals surface area (Å²) in [7, 11) is 0. The van der Waals surface area contributed by atoms with Gasteiger partial charge in [-0.1, -0.05) is 13.8 Å². The van der Waals surface area contributed by atoms with Crippen LogP contribution in [0.15, 0.2) is 0 Å². The third kappa shape index (κ3) is 6.46. The number of nitrogens with one attached hydrogen (secondary N) is 1. The van der Waals surface area contributed by atoms with E-state index in [9.17, 15) is 5.11 Å². The van der Waals surface area contributed by atoms with Gasteiger partial charge in [-0.3, -0.25) is 0 Å². The number of likely N-dealkylation sites (N-methyl/N-ethyl adjacent to an activating group) is 1. The van der Waals surface area contributed by atoms with Crippen LogP contribution in [0.25, 0.3) is 0 Å². The third-order valence-corrected chi connectivity index (χ3v) is 3.17. The van der Waals surface area contributed by atoms with Crippen molar-refractivity contribution in [3.63, 3.8) is 0 Å². The van der Waals surface area contributed by atoms with Gasteiger partial charge in [0.25, 0.3) is 0 Å². The molecule has 0 radical (unpaired) electrons. The molecule has 0 bridgehead atoms. The first-order valence-corrected chi connectivity index (χ1v) is 6.39. The van der Waals surface area contributed by atoms with Crippen molar-refractivity contribution < 1.29 is 9.84 Å². The molecular formula is C13H29NO2. The first-order valence-electron chi connectivity index (χ1n) is 6.39. The molecule has 0 heterocycles. The van der Waals surface area contributed by atoms with Crippen LogP contribution in [0, 0.1) is 0 Å². The van der Waals surface area contributed by atoms with Crippen molar-refractivity contribution in [1.29, 1.82) is 0 Å². The van der Waals surface area contributed by atoms with Crippen LogP contribution in [-0.2, 0) is 4.74 Å². The fraction of sp³-hybridized carbons (Fsp3) is 1.00. The highest BCUT2D eigenvalue weighted by atomic mass is 16.5. The summed E-state index contributed by atoms with van der Waals surface area (Å²) in [5.74, 6) is 0. The molecule has 1 unspecified atom stereocenters. The van der Waals surface area contributed by atoms with Gasteiger partial charge >= 0.3 is 0 Å². The number of aliphatic hydroxyl groups is 1. The van der Waals surface area contributed by atoms with Gasteiger partial charge in [-0.15, -0.1) is 0 Å². The summed E-state index contributed by atoms with van der Waals surface area (Å²) in [6.45, 7) is 12.3. The molecule has 0 aromatic heterocycles. The van der Waals surface area contributed by atoms with Crippen molar-refractivity contribution >= 4 is 0 Å². The van der Waals surface area contributed by atoms with Crippen LogP contribution in [0.4, 0.5) is 0 Å². The summed E-state index contributed by atoms with van der Waals surface area (Å²) < 4.78 is 5.79. The fourth-order valence-corrected chi connectivity index (χ4v) is 1.56. The van der Waals surface area contributed by atoms with E-state index in [4.69, 9.17) is 4.74 Å². The fourth-order valence-electron chi connectivity index (χ4n) is 1.56. The zero-order chi connectivity index (χ0) is 12.7. The predicted octanol–water partition coefficient (Wildman–Crippen LogP) is 2.33. The van der Waals surface area contributed by atoms with E-state index in [-0.39, 0.29) is 17.7 Å². The van der Waals surface area contributed by atoms with E-state index in [0.29, 0.717) is 0 Å². The summed E-state index contributed by atoms with van der Waals surface area (Å²) in [6.07, 6.45) is 2.95. The number of hydrogen-bond acceptors (Lipinski definition) is 3. The smallest absolute Gasteiger partial charge is 0.0623 e. The highest BCUT2D eigenvalue weighted by molar-refractivity contribution is 4.81. The summed E-state index contributed by atoms with van der Waals surface area (Å²) in [5, 5.41) is 12.6. The Kier molecular flexibility index (Phi) is 7.20. The molecule has 0 saturated heterocycles. The van der Waals surface area contributed by atoms with Crippen LogP contribution >= 0.6 is 0 Å². The monoisotopic (exact) mass is 231 g/mol. The largest absolute Gasteiger partial charge is 0.394 e. The Labute approximate surface area is 101 Å². The van der Waals surface area contributed by atoms with Gasteiger partial charge in [0.15, 0.2) is 0 Å². The molecule has 0 amide bonds. The molecule has 1 atom stereocenters. The van der Waals surface area contributed by atoms with E-state index in [0.717, 1.165) is 32.4 Å². The molecule has 0 aliphatic rings. The van der Waals surface area contributed by atoms with E-state index in [1.165, 1.54) is 0 Å². The van der Waals surface area contributed by atoms with Crippen LogP contribution in [0.5, 0.6) is 0 Å². The van der Waals surface area contributed by atoms with Gasteiger partial charge in [0.05, 0.1) is 12.2 Å². The second-order valence-corrected chi connectivity index (χ2v) is 5.31. The Hall–Kier alpha value is -0.120. The maximum atomic E-state index is 9.32. The molecule has 0 spiro atoms. The van der Waals surface area contributed by atoms with Crippen molar-refractivity contribution in [2.75, 3.05) is 19.8 Å². The molecule has 0 saturated carbocycles. The summed E-state index contributed by atoms with van der Waals surface area (Å²) in [5.41, 5.74) is -0.178. The molecular weight excluding hydrogens is 202 g/mol. The average Bonchev–Trinajstić information content (AvgIpc) is 2.25. The molecule has 3 nitrogen and oxygen atoms in total. The van der Waals surface area contributed by atoms with Gasteiger partial charge in [-0.05, 0) is 46.6 Å². The SMILES string of the molecule is CCNC(C)(CO)CCCOC(C)(C)CC. The van der Waals surface area contributed by atoms with Crippen LogP contribution in [0.2, 0.25) is 0 Å². The standard InChI is InChI=1S/C13H29NO2/c1-6-12(3,4)16-10-8-9-13(5,11-15)14-7-2/h14-15H,6-11H2,1-5H3. The van der Waals surface area contributed by atoms with Crippen molar-refractivity contribution in [2.45, 2.75) is 65.0 Å². The topological polar surface area (TPSA) is 41.5 Å². The Morgan fingerprint density at radius 2 is 1.81 bits per heavy atom. The minimum absolute atomic E-state index is 0.0200. The molecule has 0 aliphatic carbocycles. The van der Waals surface area contributed by atoms with Crippen molar-refractivity contribution in [3.05, 3.63) is 0 Å². The lowest BCUT2D eigenvalue weighted by molar-refractivity contribution is -0.0243. The van der Waals surface area contributed by atoms with Crippen LogP contribution in [0.1, 0.15) is 53.9 Å². The number of aliphatic hydroxyl groups excluding tert-OH is 1. The van der Waals surface area contributed by atoms with Crippen molar-refractivity contribution in [3.8, 4) is 0 Å². The van der Waals surface area contributed by atoms with Crippen LogP contribution < -0.4 is 5.32 Å². The van der Waals surface area contributed by atoms with Gasteiger partial charge in [-0.2, -0.15) is 0 Å². The van der Waals surface area contributed by atoms with Gasteiger partial charge < -0.3 is 15.2 Å². The van der Waals surface area contributed by atoms with Crippen LogP contribution in [0.3, 0.4) is 0 Å². The predicted molar refractivity (Wildman–Crippen MR) is 68.7 cm³/mol. The first kappa shape index (κ1) is 15.9. The summed E-state index contributed by atoms with van der Waals surface area (Å²) >= 11 is 0. The van der Waals surface area contributed by atoms with E-state index in [2.05, 4.69) is 39.9 Å². The van der Waals surface area contributed by atoms with Gasteiger partial charge in [0.1, 0.15) is 0 Å².